The Bertz CT molecular complexity index is 704. The number of methoxy groups -OCH3 is 2. The van der Waals surface area contributed by atoms with Crippen LogP contribution in [0.4, 0.5) is 11.4 Å². The molecule has 0 heterocycles. The number of ether oxygens (including phenoxy) is 2. The van der Waals surface area contributed by atoms with Crippen LogP contribution in [0, 0.1) is 6.92 Å². The Morgan fingerprint density at radius 1 is 1.09 bits per heavy atom. The van der Waals surface area contributed by atoms with Crippen molar-refractivity contribution < 1.29 is 14.3 Å². The first-order valence-corrected chi connectivity index (χ1v) is 7.84. The van der Waals surface area contributed by atoms with E-state index in [-0.39, 0.29) is 12.5 Å². The van der Waals surface area contributed by atoms with Crippen LogP contribution in [0.1, 0.15) is 5.56 Å². The quantitative estimate of drug-likeness (QED) is 0.801. The van der Waals surface area contributed by atoms with Gasteiger partial charge in [-0.3, -0.25) is 4.79 Å². The summed E-state index contributed by atoms with van der Waals surface area (Å²) in [6.07, 6.45) is 0. The first-order chi connectivity index (χ1) is 11.0. The molecule has 0 aliphatic rings. The Labute approximate surface area is 144 Å². The van der Waals surface area contributed by atoms with E-state index in [1.165, 1.54) is 0 Å². The monoisotopic (exact) mass is 378 g/mol. The number of nitrogens with one attached hydrogen (secondary N) is 2. The Balaban J connectivity index is 1.97. The van der Waals surface area contributed by atoms with Gasteiger partial charge in [-0.1, -0.05) is 15.9 Å². The Morgan fingerprint density at radius 3 is 2.48 bits per heavy atom. The van der Waals surface area contributed by atoms with Crippen LogP contribution in [0.25, 0.3) is 0 Å². The molecule has 0 saturated carbocycles. The second kappa shape index (κ2) is 7.87. The molecule has 0 radical (unpaired) electrons. The molecule has 0 spiro atoms. The highest BCUT2D eigenvalue weighted by atomic mass is 79.9. The van der Waals surface area contributed by atoms with Crippen LogP contribution in [0.5, 0.6) is 11.5 Å². The zero-order valence-electron chi connectivity index (χ0n) is 13.3. The molecule has 5 nitrogen and oxygen atoms in total. The molecule has 0 aromatic heterocycles. The van der Waals surface area contributed by atoms with Gasteiger partial charge in [0.2, 0.25) is 5.91 Å². The number of hydrogen-bond donors (Lipinski definition) is 2. The van der Waals surface area contributed by atoms with E-state index in [0.717, 1.165) is 15.7 Å². The van der Waals surface area contributed by atoms with Crippen LogP contribution in [0.2, 0.25) is 0 Å². The summed E-state index contributed by atoms with van der Waals surface area (Å²) in [7, 11) is 3.13. The molecular weight excluding hydrogens is 360 g/mol. The van der Waals surface area contributed by atoms with Crippen molar-refractivity contribution in [3.05, 3.63) is 46.4 Å². The van der Waals surface area contributed by atoms with E-state index in [4.69, 9.17) is 9.47 Å². The van der Waals surface area contributed by atoms with Crippen molar-refractivity contribution >= 4 is 33.2 Å². The number of hydrogen-bond acceptors (Lipinski definition) is 4. The van der Waals surface area contributed by atoms with Crippen LogP contribution in [0.3, 0.4) is 0 Å². The number of aryl methyl sites for hydroxylation is 1. The lowest BCUT2D eigenvalue weighted by Crippen LogP contribution is -2.22. The largest absolute Gasteiger partial charge is 0.493 e. The number of rotatable bonds is 6. The summed E-state index contributed by atoms with van der Waals surface area (Å²) in [6.45, 7) is 2.16. The summed E-state index contributed by atoms with van der Waals surface area (Å²) in [6, 6.07) is 11.1. The van der Waals surface area contributed by atoms with Crippen LogP contribution >= 0.6 is 15.9 Å². The Kier molecular flexibility index (Phi) is 5.87. The van der Waals surface area contributed by atoms with Crippen LogP contribution in [0.15, 0.2) is 40.9 Å². The fourth-order valence-corrected chi connectivity index (χ4v) is 2.60. The van der Waals surface area contributed by atoms with Gasteiger partial charge in [0.15, 0.2) is 11.5 Å². The van der Waals surface area contributed by atoms with Gasteiger partial charge in [0.25, 0.3) is 0 Å². The van der Waals surface area contributed by atoms with E-state index in [2.05, 4.69) is 26.6 Å². The van der Waals surface area contributed by atoms with Crippen molar-refractivity contribution in [1.82, 2.24) is 0 Å². The molecule has 23 heavy (non-hydrogen) atoms. The normalized spacial score (nSPS) is 10.1. The number of benzene rings is 2. The van der Waals surface area contributed by atoms with Gasteiger partial charge in [0.05, 0.1) is 20.8 Å². The average molecular weight is 379 g/mol. The summed E-state index contributed by atoms with van der Waals surface area (Å²) < 4.78 is 11.4. The van der Waals surface area contributed by atoms with Crippen LogP contribution < -0.4 is 20.1 Å². The highest BCUT2D eigenvalue weighted by molar-refractivity contribution is 9.10. The lowest BCUT2D eigenvalue weighted by atomic mass is 10.2. The lowest BCUT2D eigenvalue weighted by Gasteiger charge is -2.12. The number of carbonyl (C=O) groups is 1. The highest BCUT2D eigenvalue weighted by Crippen LogP contribution is 2.29. The highest BCUT2D eigenvalue weighted by Gasteiger charge is 2.08. The number of halogens is 1. The van der Waals surface area contributed by atoms with E-state index >= 15 is 0 Å². The van der Waals surface area contributed by atoms with Gasteiger partial charge in [-0.25, -0.2) is 0 Å². The van der Waals surface area contributed by atoms with E-state index in [1.807, 2.05) is 25.1 Å². The minimum Gasteiger partial charge on any atom is -0.493 e. The molecule has 2 aromatic carbocycles. The number of anilines is 2. The predicted molar refractivity (Wildman–Crippen MR) is 95.5 cm³/mol. The van der Waals surface area contributed by atoms with Crippen molar-refractivity contribution in [3.8, 4) is 11.5 Å². The van der Waals surface area contributed by atoms with Crippen molar-refractivity contribution in [2.24, 2.45) is 0 Å². The molecule has 0 bridgehead atoms. The Morgan fingerprint density at radius 2 is 1.83 bits per heavy atom. The molecule has 0 fully saturated rings. The minimum atomic E-state index is -0.139. The smallest absolute Gasteiger partial charge is 0.243 e. The minimum absolute atomic E-state index is 0.139. The summed E-state index contributed by atoms with van der Waals surface area (Å²) in [5.41, 5.74) is 2.65. The molecule has 122 valence electrons. The Hall–Kier alpha value is -2.21. The van der Waals surface area contributed by atoms with Crippen molar-refractivity contribution in [2.75, 3.05) is 31.4 Å². The van der Waals surface area contributed by atoms with Crippen LogP contribution in [-0.4, -0.2) is 26.7 Å². The first kappa shape index (κ1) is 17.1. The maximum Gasteiger partial charge on any atom is 0.243 e. The molecule has 0 aliphatic carbocycles. The van der Waals surface area contributed by atoms with E-state index in [1.54, 1.807) is 32.4 Å². The van der Waals surface area contributed by atoms with Gasteiger partial charge in [-0.15, -0.1) is 0 Å². The van der Waals surface area contributed by atoms with Gasteiger partial charge in [-0.2, -0.15) is 0 Å². The number of carbonyl (C=O) groups excluding carboxylic acids is 1. The molecule has 2 aromatic rings. The van der Waals surface area contributed by atoms with Crippen LogP contribution in [-0.2, 0) is 4.79 Å². The maximum absolute atomic E-state index is 12.1. The zero-order chi connectivity index (χ0) is 16.8. The van der Waals surface area contributed by atoms with Crippen molar-refractivity contribution in [1.29, 1.82) is 0 Å². The van der Waals surface area contributed by atoms with Gasteiger partial charge in [-0.05, 0) is 42.8 Å². The third kappa shape index (κ3) is 4.63. The summed E-state index contributed by atoms with van der Waals surface area (Å²) in [4.78, 5) is 12.1. The first-order valence-electron chi connectivity index (χ1n) is 7.05. The molecule has 0 aliphatic heterocycles. The van der Waals surface area contributed by atoms with Gasteiger partial charge >= 0.3 is 0 Å². The molecule has 1 amide bonds. The average Bonchev–Trinajstić information content (AvgIpc) is 2.54. The second-order valence-corrected chi connectivity index (χ2v) is 5.85. The maximum atomic E-state index is 12.1. The molecule has 2 N–H and O–H groups in total. The SMILES string of the molecule is COc1ccc(NC(=O)CNc2ccc(Br)cc2C)cc1OC. The molecule has 2 rings (SSSR count). The van der Waals surface area contributed by atoms with E-state index < -0.39 is 0 Å². The second-order valence-electron chi connectivity index (χ2n) is 4.93. The van der Waals surface area contributed by atoms with Gasteiger partial charge < -0.3 is 20.1 Å². The predicted octanol–water partition coefficient (Wildman–Crippen LogP) is 3.83. The molecule has 0 atom stereocenters. The molecular formula is C17H19BrN2O3. The van der Waals surface area contributed by atoms with Gasteiger partial charge in [0, 0.05) is 21.9 Å². The standard InChI is InChI=1S/C17H19BrN2O3/c1-11-8-12(18)4-6-14(11)19-10-17(21)20-13-5-7-15(22-2)16(9-13)23-3/h4-9,19H,10H2,1-3H3,(H,20,21). The van der Waals surface area contributed by atoms with Crippen molar-refractivity contribution in [2.45, 2.75) is 6.92 Å². The summed E-state index contributed by atoms with van der Waals surface area (Å²) in [5.74, 6) is 1.05. The molecule has 0 saturated heterocycles. The molecule has 6 heteroatoms. The fraction of sp³-hybridized carbons (Fsp3) is 0.235. The number of amides is 1. The third-order valence-corrected chi connectivity index (χ3v) is 3.79. The van der Waals surface area contributed by atoms with E-state index in [0.29, 0.717) is 17.2 Å². The van der Waals surface area contributed by atoms with Gasteiger partial charge in [0.1, 0.15) is 0 Å². The summed E-state index contributed by atoms with van der Waals surface area (Å²) >= 11 is 3.42. The zero-order valence-corrected chi connectivity index (χ0v) is 14.9. The topological polar surface area (TPSA) is 59.6 Å². The lowest BCUT2D eigenvalue weighted by molar-refractivity contribution is -0.114. The third-order valence-electron chi connectivity index (χ3n) is 3.30. The summed E-state index contributed by atoms with van der Waals surface area (Å²) in [5, 5.41) is 5.95. The van der Waals surface area contributed by atoms with Crippen molar-refractivity contribution in [3.63, 3.8) is 0 Å². The molecule has 0 unspecified atom stereocenters. The fourth-order valence-electron chi connectivity index (χ4n) is 2.12. The van der Waals surface area contributed by atoms with E-state index in [9.17, 15) is 4.79 Å².